The van der Waals surface area contributed by atoms with Crippen molar-refractivity contribution in [3.63, 3.8) is 0 Å². The van der Waals surface area contributed by atoms with E-state index in [1.807, 2.05) is 43.3 Å². The molecule has 0 bridgehead atoms. The molecule has 0 aliphatic heterocycles. The third-order valence-corrected chi connectivity index (χ3v) is 3.63. The number of hydrogen-bond acceptors (Lipinski definition) is 2. The van der Waals surface area contributed by atoms with Crippen molar-refractivity contribution in [3.8, 4) is 0 Å². The summed E-state index contributed by atoms with van der Waals surface area (Å²) in [7, 11) is 0. The maximum absolute atomic E-state index is 6.05. The van der Waals surface area contributed by atoms with Crippen molar-refractivity contribution >= 4 is 34.6 Å². The maximum atomic E-state index is 6.05. The van der Waals surface area contributed by atoms with Gasteiger partial charge < -0.3 is 11.1 Å². The topological polar surface area (TPSA) is 38.0 Å². The van der Waals surface area contributed by atoms with Gasteiger partial charge in [-0.25, -0.2) is 0 Å². The van der Waals surface area contributed by atoms with Gasteiger partial charge in [0.05, 0.1) is 10.7 Å². The van der Waals surface area contributed by atoms with Crippen LogP contribution < -0.4 is 11.1 Å². The molecule has 19 heavy (non-hydrogen) atoms. The molecular formula is C15H16Cl2N2. The minimum atomic E-state index is 0.136. The monoisotopic (exact) mass is 294 g/mol. The van der Waals surface area contributed by atoms with Crippen molar-refractivity contribution in [2.75, 3.05) is 11.1 Å². The second kappa shape index (κ2) is 5.72. The molecule has 0 radical (unpaired) electrons. The van der Waals surface area contributed by atoms with Crippen LogP contribution in [-0.2, 0) is 0 Å². The molecule has 2 nitrogen and oxygen atoms in total. The first-order valence-electron chi connectivity index (χ1n) is 6.05. The van der Waals surface area contributed by atoms with E-state index in [1.54, 1.807) is 0 Å². The van der Waals surface area contributed by atoms with Crippen LogP contribution in [0.15, 0.2) is 36.4 Å². The highest BCUT2D eigenvalue weighted by atomic mass is 35.5. The Morgan fingerprint density at radius 2 is 1.89 bits per heavy atom. The molecule has 2 rings (SSSR count). The number of nitrogen functional groups attached to an aromatic ring is 1. The predicted octanol–water partition coefficient (Wildman–Crippen LogP) is 5.06. The summed E-state index contributed by atoms with van der Waals surface area (Å²) in [5.41, 5.74) is 9.54. The second-order valence-corrected chi connectivity index (χ2v) is 5.45. The highest BCUT2D eigenvalue weighted by Gasteiger charge is 2.09. The van der Waals surface area contributed by atoms with Crippen molar-refractivity contribution in [1.29, 1.82) is 0 Å². The summed E-state index contributed by atoms with van der Waals surface area (Å²) in [6, 6.07) is 11.7. The number of halogens is 2. The van der Waals surface area contributed by atoms with E-state index in [9.17, 15) is 0 Å². The van der Waals surface area contributed by atoms with Crippen molar-refractivity contribution in [2.24, 2.45) is 0 Å². The van der Waals surface area contributed by atoms with E-state index in [4.69, 9.17) is 28.9 Å². The van der Waals surface area contributed by atoms with Gasteiger partial charge in [-0.3, -0.25) is 0 Å². The van der Waals surface area contributed by atoms with E-state index in [2.05, 4.69) is 12.2 Å². The molecule has 1 atom stereocenters. The van der Waals surface area contributed by atoms with Crippen LogP contribution in [0.3, 0.4) is 0 Å². The molecule has 1 unspecified atom stereocenters. The van der Waals surface area contributed by atoms with Gasteiger partial charge in [-0.15, -0.1) is 0 Å². The largest absolute Gasteiger partial charge is 0.398 e. The van der Waals surface area contributed by atoms with Gasteiger partial charge >= 0.3 is 0 Å². The van der Waals surface area contributed by atoms with Gasteiger partial charge in [-0.1, -0.05) is 35.3 Å². The first-order valence-corrected chi connectivity index (χ1v) is 6.80. The van der Waals surface area contributed by atoms with Gasteiger partial charge in [0.1, 0.15) is 0 Å². The minimum Gasteiger partial charge on any atom is -0.398 e. The Morgan fingerprint density at radius 3 is 2.58 bits per heavy atom. The Bertz CT molecular complexity index is 597. The van der Waals surface area contributed by atoms with E-state index < -0.39 is 0 Å². The zero-order valence-electron chi connectivity index (χ0n) is 10.9. The molecule has 0 aromatic heterocycles. The quantitative estimate of drug-likeness (QED) is 0.777. The third-order valence-electron chi connectivity index (χ3n) is 3.06. The van der Waals surface area contributed by atoms with Crippen LogP contribution in [0, 0.1) is 6.92 Å². The van der Waals surface area contributed by atoms with E-state index in [1.165, 1.54) is 0 Å². The fourth-order valence-corrected chi connectivity index (χ4v) is 2.31. The standard InChI is InChI=1S/C15H16Cl2N2/c1-9-6-14(18)13(17)8-15(9)19-10(2)11-4-3-5-12(16)7-11/h3-8,10,19H,18H2,1-2H3. The lowest BCUT2D eigenvalue weighted by atomic mass is 10.1. The summed E-state index contributed by atoms with van der Waals surface area (Å²) in [6.45, 7) is 4.08. The minimum absolute atomic E-state index is 0.136. The Hall–Kier alpha value is -1.38. The summed E-state index contributed by atoms with van der Waals surface area (Å²) in [4.78, 5) is 0. The van der Waals surface area contributed by atoms with Gasteiger partial charge in [0, 0.05) is 16.8 Å². The smallest absolute Gasteiger partial charge is 0.0656 e. The Kier molecular flexibility index (Phi) is 4.23. The molecule has 0 aliphatic carbocycles. The van der Waals surface area contributed by atoms with Crippen LogP contribution in [0.4, 0.5) is 11.4 Å². The summed E-state index contributed by atoms with van der Waals surface area (Å²) in [5, 5.41) is 4.72. The average Bonchev–Trinajstić information content (AvgIpc) is 2.36. The molecule has 100 valence electrons. The molecule has 0 fully saturated rings. The van der Waals surface area contributed by atoms with Crippen LogP contribution in [0.5, 0.6) is 0 Å². The fourth-order valence-electron chi connectivity index (χ4n) is 1.95. The van der Waals surface area contributed by atoms with Crippen molar-refractivity contribution in [1.82, 2.24) is 0 Å². The maximum Gasteiger partial charge on any atom is 0.0656 e. The molecule has 4 heteroatoms. The van der Waals surface area contributed by atoms with Crippen LogP contribution in [-0.4, -0.2) is 0 Å². The molecule has 3 N–H and O–H groups in total. The van der Waals surface area contributed by atoms with Gasteiger partial charge in [0.15, 0.2) is 0 Å². The molecule has 0 heterocycles. The van der Waals surface area contributed by atoms with Crippen molar-refractivity contribution < 1.29 is 0 Å². The number of nitrogens with one attached hydrogen (secondary N) is 1. The van der Waals surface area contributed by atoms with Gasteiger partial charge in [-0.2, -0.15) is 0 Å². The van der Waals surface area contributed by atoms with E-state index in [0.29, 0.717) is 10.7 Å². The third kappa shape index (κ3) is 3.34. The molecular weight excluding hydrogens is 279 g/mol. The molecule has 2 aromatic rings. The Morgan fingerprint density at radius 1 is 1.16 bits per heavy atom. The lowest BCUT2D eigenvalue weighted by Gasteiger charge is -2.18. The molecule has 0 saturated heterocycles. The number of benzene rings is 2. The van der Waals surface area contributed by atoms with E-state index >= 15 is 0 Å². The normalized spacial score (nSPS) is 12.2. The van der Waals surface area contributed by atoms with Gasteiger partial charge in [0.2, 0.25) is 0 Å². The van der Waals surface area contributed by atoms with E-state index in [0.717, 1.165) is 21.8 Å². The Labute approximate surface area is 123 Å². The lowest BCUT2D eigenvalue weighted by Crippen LogP contribution is -2.08. The van der Waals surface area contributed by atoms with Crippen LogP contribution in [0.1, 0.15) is 24.1 Å². The van der Waals surface area contributed by atoms with Gasteiger partial charge in [-0.05, 0) is 49.2 Å². The highest BCUT2D eigenvalue weighted by molar-refractivity contribution is 6.33. The number of anilines is 2. The molecule has 0 spiro atoms. The Balaban J connectivity index is 2.24. The summed E-state index contributed by atoms with van der Waals surface area (Å²) in [5.74, 6) is 0. The van der Waals surface area contributed by atoms with Gasteiger partial charge in [0.25, 0.3) is 0 Å². The fraction of sp³-hybridized carbons (Fsp3) is 0.200. The zero-order valence-corrected chi connectivity index (χ0v) is 12.4. The summed E-state index contributed by atoms with van der Waals surface area (Å²) >= 11 is 12.1. The van der Waals surface area contributed by atoms with Crippen LogP contribution in [0.2, 0.25) is 10.0 Å². The average molecular weight is 295 g/mol. The zero-order chi connectivity index (χ0) is 14.0. The first kappa shape index (κ1) is 14.0. The van der Waals surface area contributed by atoms with E-state index in [-0.39, 0.29) is 6.04 Å². The van der Waals surface area contributed by atoms with Crippen LogP contribution in [0.25, 0.3) is 0 Å². The molecule has 0 saturated carbocycles. The summed E-state index contributed by atoms with van der Waals surface area (Å²) < 4.78 is 0. The first-order chi connectivity index (χ1) is 8.97. The predicted molar refractivity (Wildman–Crippen MR) is 84.1 cm³/mol. The lowest BCUT2D eigenvalue weighted by molar-refractivity contribution is 0.883. The molecule has 0 aliphatic rings. The second-order valence-electron chi connectivity index (χ2n) is 4.61. The number of rotatable bonds is 3. The SMILES string of the molecule is Cc1cc(N)c(Cl)cc1NC(C)c1cccc(Cl)c1. The number of hydrogen-bond donors (Lipinski definition) is 2. The van der Waals surface area contributed by atoms with Crippen LogP contribution >= 0.6 is 23.2 Å². The molecule has 2 aromatic carbocycles. The summed E-state index contributed by atoms with van der Waals surface area (Å²) in [6.07, 6.45) is 0. The highest BCUT2D eigenvalue weighted by Crippen LogP contribution is 2.29. The molecule has 0 amide bonds. The number of aryl methyl sites for hydroxylation is 1. The number of nitrogens with two attached hydrogens (primary N) is 1. The van der Waals surface area contributed by atoms with Crippen molar-refractivity contribution in [3.05, 3.63) is 57.6 Å². The van der Waals surface area contributed by atoms with Crippen molar-refractivity contribution in [2.45, 2.75) is 19.9 Å².